The van der Waals surface area contributed by atoms with Crippen molar-refractivity contribution in [1.29, 1.82) is 0 Å². The largest absolute Gasteiger partial charge is 0.306 e. The molecule has 0 aromatic rings. The molecule has 16 heavy (non-hydrogen) atoms. The normalized spacial score (nSPS) is 27.8. The lowest BCUT2D eigenvalue weighted by atomic mass is 9.98. The quantitative estimate of drug-likeness (QED) is 0.676. The molecule has 2 heterocycles. The molecular weight excluding hydrogens is 217 g/mol. The van der Waals surface area contributed by atoms with Crippen LogP contribution in [0, 0.1) is 0 Å². The number of rotatable bonds is 2. The summed E-state index contributed by atoms with van der Waals surface area (Å²) in [6.07, 6.45) is 5.39. The van der Waals surface area contributed by atoms with E-state index in [0.717, 1.165) is 12.1 Å². The third-order valence-electron chi connectivity index (χ3n) is 4.34. The molecule has 2 aliphatic rings. The summed E-state index contributed by atoms with van der Waals surface area (Å²) in [6.45, 7) is 5.04. The van der Waals surface area contributed by atoms with E-state index in [1.807, 2.05) is 0 Å². The molecule has 0 N–H and O–H groups in total. The minimum absolute atomic E-state index is 0.824. The molecule has 0 spiro atoms. The molecule has 1 atom stereocenters. The van der Waals surface area contributed by atoms with Gasteiger partial charge in [-0.15, -0.1) is 0 Å². The predicted molar refractivity (Wildman–Crippen MR) is 72.6 cm³/mol. The van der Waals surface area contributed by atoms with Crippen molar-refractivity contribution in [2.75, 3.05) is 40.3 Å². The van der Waals surface area contributed by atoms with E-state index in [9.17, 15) is 0 Å². The van der Waals surface area contributed by atoms with Gasteiger partial charge in [-0.2, -0.15) is 0 Å². The van der Waals surface area contributed by atoms with Crippen molar-refractivity contribution < 1.29 is 0 Å². The van der Waals surface area contributed by atoms with Crippen LogP contribution >= 0.6 is 9.39 Å². The zero-order valence-corrected chi connectivity index (χ0v) is 11.9. The first-order valence-corrected chi connectivity index (χ1v) is 7.08. The summed E-state index contributed by atoms with van der Waals surface area (Å²) in [5.41, 5.74) is 0. The minimum Gasteiger partial charge on any atom is -0.306 e. The van der Waals surface area contributed by atoms with Gasteiger partial charge in [0, 0.05) is 25.2 Å². The zero-order chi connectivity index (χ0) is 11.5. The summed E-state index contributed by atoms with van der Waals surface area (Å²) in [5.74, 6) is 0. The van der Waals surface area contributed by atoms with Crippen LogP contribution in [0.4, 0.5) is 0 Å². The van der Waals surface area contributed by atoms with E-state index in [1.165, 1.54) is 51.9 Å². The molecule has 0 aliphatic carbocycles. The van der Waals surface area contributed by atoms with Crippen molar-refractivity contribution in [2.45, 2.75) is 37.8 Å². The molecule has 2 rings (SSSR count). The second-order valence-electron chi connectivity index (χ2n) is 5.47. The van der Waals surface area contributed by atoms with E-state index in [1.54, 1.807) is 0 Å². The number of hydrogen-bond donors (Lipinski definition) is 0. The maximum absolute atomic E-state index is 2.84. The van der Waals surface area contributed by atoms with E-state index in [-0.39, 0.29) is 0 Å². The summed E-state index contributed by atoms with van der Waals surface area (Å²) in [4.78, 5) is 5.13. The van der Waals surface area contributed by atoms with Gasteiger partial charge in [-0.3, -0.25) is 4.67 Å². The zero-order valence-electron chi connectivity index (χ0n) is 10.7. The van der Waals surface area contributed by atoms with Gasteiger partial charge in [0.15, 0.2) is 0 Å². The molecule has 0 aromatic heterocycles. The SMILES string of the molecule is CN1CCC(N(C)C2CCN(P)CC2)CC1. The Morgan fingerprint density at radius 3 is 1.88 bits per heavy atom. The topological polar surface area (TPSA) is 9.72 Å². The lowest BCUT2D eigenvalue weighted by Crippen LogP contribution is -2.49. The van der Waals surface area contributed by atoms with Crippen LogP contribution in [0.25, 0.3) is 0 Å². The average Bonchev–Trinajstić information content (AvgIpc) is 2.30. The molecule has 94 valence electrons. The molecule has 2 saturated heterocycles. The molecule has 4 heteroatoms. The van der Waals surface area contributed by atoms with Crippen LogP contribution in [0.1, 0.15) is 25.7 Å². The van der Waals surface area contributed by atoms with E-state index < -0.39 is 0 Å². The highest BCUT2D eigenvalue weighted by Crippen LogP contribution is 2.23. The summed E-state index contributed by atoms with van der Waals surface area (Å²) < 4.78 is 2.37. The first-order chi connectivity index (χ1) is 7.66. The molecule has 0 bridgehead atoms. The van der Waals surface area contributed by atoms with Gasteiger partial charge in [0.1, 0.15) is 0 Å². The van der Waals surface area contributed by atoms with Crippen LogP contribution in [0.2, 0.25) is 0 Å². The highest BCUT2D eigenvalue weighted by atomic mass is 31.0. The molecule has 0 saturated carbocycles. The van der Waals surface area contributed by atoms with Gasteiger partial charge in [0.25, 0.3) is 0 Å². The second kappa shape index (κ2) is 5.77. The first-order valence-electron chi connectivity index (χ1n) is 6.57. The van der Waals surface area contributed by atoms with Gasteiger partial charge in [0.05, 0.1) is 0 Å². The lowest BCUT2D eigenvalue weighted by Gasteiger charge is -2.42. The third kappa shape index (κ3) is 3.16. The van der Waals surface area contributed by atoms with Crippen molar-refractivity contribution >= 4 is 9.39 Å². The Kier molecular flexibility index (Phi) is 4.60. The Hall–Kier alpha value is 0.310. The van der Waals surface area contributed by atoms with Gasteiger partial charge in [-0.05, 0) is 52.9 Å². The fourth-order valence-electron chi connectivity index (χ4n) is 2.99. The van der Waals surface area contributed by atoms with Crippen molar-refractivity contribution in [1.82, 2.24) is 14.5 Å². The summed E-state index contributed by atoms with van der Waals surface area (Å²) in [5, 5.41) is 0. The van der Waals surface area contributed by atoms with Crippen LogP contribution in [0.3, 0.4) is 0 Å². The Morgan fingerprint density at radius 2 is 1.38 bits per heavy atom. The fraction of sp³-hybridized carbons (Fsp3) is 1.00. The van der Waals surface area contributed by atoms with Crippen LogP contribution in [-0.2, 0) is 0 Å². The number of hydrogen-bond acceptors (Lipinski definition) is 3. The number of nitrogens with zero attached hydrogens (tertiary/aromatic N) is 3. The van der Waals surface area contributed by atoms with Crippen molar-refractivity contribution in [2.24, 2.45) is 0 Å². The Balaban J connectivity index is 1.80. The first kappa shape index (κ1) is 12.8. The number of likely N-dealkylation sites (tertiary alicyclic amines) is 1. The van der Waals surface area contributed by atoms with Crippen LogP contribution in [-0.4, -0.2) is 66.8 Å². The lowest BCUT2D eigenvalue weighted by molar-refractivity contribution is 0.0825. The van der Waals surface area contributed by atoms with Crippen molar-refractivity contribution in [3.8, 4) is 0 Å². The van der Waals surface area contributed by atoms with Crippen LogP contribution < -0.4 is 0 Å². The predicted octanol–water partition coefficient (Wildman–Crippen LogP) is 1.27. The van der Waals surface area contributed by atoms with Gasteiger partial charge < -0.3 is 9.80 Å². The molecule has 2 fully saturated rings. The molecule has 1 unspecified atom stereocenters. The Bertz CT molecular complexity index is 186. The fourth-order valence-corrected chi connectivity index (χ4v) is 3.29. The van der Waals surface area contributed by atoms with Gasteiger partial charge in [0.2, 0.25) is 0 Å². The molecule has 0 aromatic carbocycles. The van der Waals surface area contributed by atoms with Gasteiger partial charge in [-0.1, -0.05) is 9.39 Å². The molecule has 0 radical (unpaired) electrons. The van der Waals surface area contributed by atoms with Crippen molar-refractivity contribution in [3.63, 3.8) is 0 Å². The highest BCUT2D eigenvalue weighted by molar-refractivity contribution is 7.13. The maximum atomic E-state index is 2.84. The summed E-state index contributed by atoms with van der Waals surface area (Å²) in [6, 6.07) is 1.66. The summed E-state index contributed by atoms with van der Waals surface area (Å²) in [7, 11) is 7.42. The molecule has 0 amide bonds. The average molecular weight is 243 g/mol. The van der Waals surface area contributed by atoms with E-state index in [0.29, 0.717) is 0 Å². The minimum atomic E-state index is 0.824. The van der Waals surface area contributed by atoms with Gasteiger partial charge >= 0.3 is 0 Å². The Labute approximate surface area is 102 Å². The van der Waals surface area contributed by atoms with E-state index >= 15 is 0 Å². The smallest absolute Gasteiger partial charge is 0.0120 e. The second-order valence-corrected chi connectivity index (χ2v) is 6.20. The monoisotopic (exact) mass is 243 g/mol. The van der Waals surface area contributed by atoms with Crippen molar-refractivity contribution in [3.05, 3.63) is 0 Å². The van der Waals surface area contributed by atoms with Gasteiger partial charge in [-0.25, -0.2) is 0 Å². The van der Waals surface area contributed by atoms with E-state index in [2.05, 4.69) is 38.0 Å². The molecular formula is C12H26N3P. The third-order valence-corrected chi connectivity index (χ3v) is 4.86. The Morgan fingerprint density at radius 1 is 0.938 bits per heavy atom. The van der Waals surface area contributed by atoms with E-state index in [4.69, 9.17) is 0 Å². The van der Waals surface area contributed by atoms with Crippen LogP contribution in [0.15, 0.2) is 0 Å². The summed E-state index contributed by atoms with van der Waals surface area (Å²) >= 11 is 0. The molecule has 3 nitrogen and oxygen atoms in total. The standard InChI is InChI=1S/C12H26N3P/c1-13-7-3-11(4-8-13)14(2)12-5-9-15(16)10-6-12/h11-12H,3-10,16H2,1-2H3. The molecule has 2 aliphatic heterocycles. The van der Waals surface area contributed by atoms with Crippen LogP contribution in [0.5, 0.6) is 0 Å². The number of piperidine rings is 2. The highest BCUT2D eigenvalue weighted by Gasteiger charge is 2.27. The maximum Gasteiger partial charge on any atom is 0.0120 e.